The van der Waals surface area contributed by atoms with Crippen molar-refractivity contribution < 1.29 is 10.2 Å². The second kappa shape index (κ2) is 3.59. The van der Waals surface area contributed by atoms with Crippen molar-refractivity contribution in [2.75, 3.05) is 0 Å². The van der Waals surface area contributed by atoms with Gasteiger partial charge in [-0.25, -0.2) is 4.98 Å². The van der Waals surface area contributed by atoms with Gasteiger partial charge in [0.1, 0.15) is 10.6 Å². The first-order chi connectivity index (χ1) is 7.01. The van der Waals surface area contributed by atoms with E-state index in [9.17, 15) is 10.2 Å². The summed E-state index contributed by atoms with van der Waals surface area (Å²) in [6, 6.07) is 1.86. The van der Waals surface area contributed by atoms with E-state index in [1.807, 2.05) is 16.8 Å². The molecule has 2 heterocycles. The Bertz CT molecular complexity index is 440. The van der Waals surface area contributed by atoms with E-state index in [-0.39, 0.29) is 5.06 Å². The van der Waals surface area contributed by atoms with Gasteiger partial charge in [0.25, 0.3) is 0 Å². The van der Waals surface area contributed by atoms with Gasteiger partial charge < -0.3 is 10.2 Å². The molecule has 0 aromatic carbocycles. The van der Waals surface area contributed by atoms with Gasteiger partial charge in [-0.1, -0.05) is 11.3 Å². The number of rotatable bonds is 2. The maximum Gasteiger partial charge on any atom is 0.194 e. The third-order valence-corrected chi connectivity index (χ3v) is 4.13. The summed E-state index contributed by atoms with van der Waals surface area (Å²) in [5.74, 6) is 0. The van der Waals surface area contributed by atoms with Gasteiger partial charge in [0.05, 0.1) is 5.69 Å². The quantitative estimate of drug-likeness (QED) is 0.849. The van der Waals surface area contributed by atoms with Crippen LogP contribution in [0.4, 0.5) is 0 Å². The van der Waals surface area contributed by atoms with Crippen LogP contribution in [0.25, 0.3) is 0 Å². The molecule has 0 aliphatic carbocycles. The molecule has 1 unspecified atom stereocenters. The topological polar surface area (TPSA) is 53.4 Å². The van der Waals surface area contributed by atoms with Gasteiger partial charge in [-0.2, -0.15) is 11.3 Å². The molecule has 0 radical (unpaired) electrons. The van der Waals surface area contributed by atoms with Gasteiger partial charge in [-0.3, -0.25) is 0 Å². The molecule has 0 amide bonds. The van der Waals surface area contributed by atoms with Crippen LogP contribution in [0.15, 0.2) is 16.8 Å². The smallest absolute Gasteiger partial charge is 0.194 e. The molecule has 0 saturated carbocycles. The second-order valence-corrected chi connectivity index (χ2v) is 5.25. The van der Waals surface area contributed by atoms with E-state index in [2.05, 4.69) is 4.98 Å². The number of aryl methyl sites for hydroxylation is 1. The van der Waals surface area contributed by atoms with Crippen LogP contribution >= 0.6 is 22.7 Å². The summed E-state index contributed by atoms with van der Waals surface area (Å²) in [5.41, 5.74) is 0.253. The fourth-order valence-corrected chi connectivity index (χ4v) is 2.90. The van der Waals surface area contributed by atoms with E-state index < -0.39 is 5.60 Å². The number of thiophene rings is 1. The molecule has 0 aliphatic rings. The predicted molar refractivity (Wildman–Crippen MR) is 61.5 cm³/mol. The molecule has 80 valence electrons. The molecule has 2 aromatic rings. The van der Waals surface area contributed by atoms with Crippen molar-refractivity contribution in [3.05, 3.63) is 33.1 Å². The summed E-state index contributed by atoms with van der Waals surface area (Å²) in [7, 11) is 0. The Morgan fingerprint density at radius 3 is 2.67 bits per heavy atom. The number of aromatic hydroxyl groups is 1. The normalized spacial score (nSPS) is 15.1. The highest BCUT2D eigenvalue weighted by molar-refractivity contribution is 7.13. The van der Waals surface area contributed by atoms with Crippen LogP contribution in [0.5, 0.6) is 5.06 Å². The Morgan fingerprint density at radius 2 is 2.20 bits per heavy atom. The number of hydrogen-bond acceptors (Lipinski definition) is 5. The Kier molecular flexibility index (Phi) is 2.54. The number of thiazole rings is 1. The number of hydrogen-bond donors (Lipinski definition) is 2. The van der Waals surface area contributed by atoms with E-state index in [1.165, 1.54) is 11.3 Å². The van der Waals surface area contributed by atoms with Crippen LogP contribution < -0.4 is 0 Å². The first-order valence-electron chi connectivity index (χ1n) is 4.43. The van der Waals surface area contributed by atoms with Gasteiger partial charge in [0, 0.05) is 5.56 Å². The lowest BCUT2D eigenvalue weighted by Gasteiger charge is -2.18. The third-order valence-electron chi connectivity index (χ3n) is 2.27. The minimum absolute atomic E-state index is 0.167. The fraction of sp³-hybridized carbons (Fsp3) is 0.300. The minimum Gasteiger partial charge on any atom is -0.498 e. The molecule has 5 heteroatoms. The molecule has 0 saturated heterocycles. The molecular weight excluding hydrogens is 230 g/mol. The predicted octanol–water partition coefficient (Wildman–Crippen LogP) is 2.47. The Hall–Kier alpha value is -0.910. The molecule has 0 spiro atoms. The largest absolute Gasteiger partial charge is 0.498 e. The van der Waals surface area contributed by atoms with Gasteiger partial charge in [-0.15, -0.1) is 0 Å². The van der Waals surface area contributed by atoms with Crippen molar-refractivity contribution in [3.63, 3.8) is 0 Å². The van der Waals surface area contributed by atoms with Crippen molar-refractivity contribution in [3.8, 4) is 5.06 Å². The van der Waals surface area contributed by atoms with E-state index in [1.54, 1.807) is 13.8 Å². The molecule has 1 atom stereocenters. The number of nitrogens with zero attached hydrogens (tertiary/aromatic N) is 1. The minimum atomic E-state index is -1.11. The second-order valence-electron chi connectivity index (χ2n) is 3.49. The van der Waals surface area contributed by atoms with E-state index in [0.29, 0.717) is 10.7 Å². The van der Waals surface area contributed by atoms with Gasteiger partial charge in [0.2, 0.25) is 0 Å². The highest BCUT2D eigenvalue weighted by Gasteiger charge is 2.30. The number of aromatic nitrogens is 1. The average molecular weight is 241 g/mol. The Morgan fingerprint density at radius 1 is 1.47 bits per heavy atom. The molecule has 2 aromatic heterocycles. The molecule has 0 bridgehead atoms. The molecule has 0 fully saturated rings. The lowest BCUT2D eigenvalue weighted by Crippen LogP contribution is -2.21. The highest BCUT2D eigenvalue weighted by atomic mass is 32.1. The molecular formula is C10H11NO2S2. The maximum atomic E-state index is 10.3. The molecule has 3 nitrogen and oxygen atoms in total. The van der Waals surface area contributed by atoms with Crippen LogP contribution in [-0.2, 0) is 5.60 Å². The van der Waals surface area contributed by atoms with Gasteiger partial charge in [-0.05, 0) is 30.7 Å². The van der Waals surface area contributed by atoms with Crippen LogP contribution in [0, 0.1) is 6.92 Å². The monoisotopic (exact) mass is 241 g/mol. The third kappa shape index (κ3) is 1.78. The standard InChI is InChI=1S/C10H11NO2S2/c1-6-8(12)15-9(11-6)10(2,13)7-3-4-14-5-7/h3-5,12-13H,1-2H3. The van der Waals surface area contributed by atoms with Gasteiger partial charge >= 0.3 is 0 Å². The zero-order valence-corrected chi connectivity index (χ0v) is 10.0. The first-order valence-corrected chi connectivity index (χ1v) is 6.19. The molecule has 2 rings (SSSR count). The fourth-order valence-electron chi connectivity index (χ4n) is 1.26. The van der Waals surface area contributed by atoms with Crippen molar-refractivity contribution in [2.45, 2.75) is 19.4 Å². The van der Waals surface area contributed by atoms with E-state index in [0.717, 1.165) is 16.9 Å². The summed E-state index contributed by atoms with van der Waals surface area (Å²) in [6.45, 7) is 3.41. The summed E-state index contributed by atoms with van der Waals surface area (Å²) in [4.78, 5) is 4.16. The number of aliphatic hydroxyl groups is 1. The van der Waals surface area contributed by atoms with E-state index in [4.69, 9.17) is 0 Å². The molecule has 0 aliphatic heterocycles. The first kappa shape index (κ1) is 10.6. The summed E-state index contributed by atoms with van der Waals surface area (Å²) < 4.78 is 0. The highest BCUT2D eigenvalue weighted by Crippen LogP contribution is 2.36. The Balaban J connectivity index is 2.46. The van der Waals surface area contributed by atoms with Crippen LogP contribution in [0.1, 0.15) is 23.2 Å². The Labute approximate surface area is 95.7 Å². The van der Waals surface area contributed by atoms with Crippen LogP contribution in [-0.4, -0.2) is 15.2 Å². The van der Waals surface area contributed by atoms with Crippen molar-refractivity contribution >= 4 is 22.7 Å². The summed E-state index contributed by atoms with van der Waals surface area (Å²) in [6.07, 6.45) is 0. The average Bonchev–Trinajstić information content (AvgIpc) is 2.77. The molecule has 15 heavy (non-hydrogen) atoms. The zero-order chi connectivity index (χ0) is 11.1. The van der Waals surface area contributed by atoms with Crippen LogP contribution in [0.3, 0.4) is 0 Å². The van der Waals surface area contributed by atoms with Crippen molar-refractivity contribution in [2.24, 2.45) is 0 Å². The maximum absolute atomic E-state index is 10.3. The SMILES string of the molecule is Cc1nc(C(C)(O)c2ccsc2)sc1O. The van der Waals surface area contributed by atoms with E-state index >= 15 is 0 Å². The lowest BCUT2D eigenvalue weighted by molar-refractivity contribution is 0.102. The van der Waals surface area contributed by atoms with Crippen molar-refractivity contribution in [1.82, 2.24) is 4.98 Å². The summed E-state index contributed by atoms with van der Waals surface area (Å²) >= 11 is 2.65. The van der Waals surface area contributed by atoms with Crippen molar-refractivity contribution in [1.29, 1.82) is 0 Å². The van der Waals surface area contributed by atoms with Gasteiger partial charge in [0.15, 0.2) is 5.06 Å². The zero-order valence-electron chi connectivity index (χ0n) is 8.39. The van der Waals surface area contributed by atoms with Crippen LogP contribution in [0.2, 0.25) is 0 Å². The lowest BCUT2D eigenvalue weighted by atomic mass is 10.0. The summed E-state index contributed by atoms with van der Waals surface area (Å²) in [5, 5.41) is 24.3. The molecule has 2 N–H and O–H groups in total.